The van der Waals surface area contributed by atoms with Crippen LogP contribution >= 0.6 is 0 Å². The molecule has 5 nitrogen and oxygen atoms in total. The Labute approximate surface area is 105 Å². The first kappa shape index (κ1) is 11.5. The lowest BCUT2D eigenvalue weighted by molar-refractivity contribution is -0.254. The summed E-state index contributed by atoms with van der Waals surface area (Å²) in [5, 5.41) is 9.23. The largest absolute Gasteiger partial charge is 0.497 e. The Morgan fingerprint density at radius 3 is 2.78 bits per heavy atom. The monoisotopic (exact) mass is 247 g/mol. The molecule has 4 rings (SSSR count). The summed E-state index contributed by atoms with van der Waals surface area (Å²) in [6.45, 7) is 0. The van der Waals surface area contributed by atoms with Crippen LogP contribution in [0.15, 0.2) is 24.0 Å². The Balaban J connectivity index is 2.17. The van der Waals surface area contributed by atoms with Crippen LogP contribution in [0, 0.1) is 29.1 Å². The Morgan fingerprint density at radius 2 is 2.17 bits per heavy atom. The van der Waals surface area contributed by atoms with E-state index in [1.807, 2.05) is 6.08 Å². The van der Waals surface area contributed by atoms with Gasteiger partial charge in [-0.25, -0.2) is 0 Å². The van der Waals surface area contributed by atoms with Gasteiger partial charge in [-0.05, 0) is 6.08 Å². The van der Waals surface area contributed by atoms with Gasteiger partial charge in [-0.3, -0.25) is 4.79 Å². The lowest BCUT2D eigenvalue weighted by Gasteiger charge is -2.50. The number of Topliss-reactive ketones (excluding diaryl/α,β-unsaturated/α-hetero) is 1. The Hall–Kier alpha value is -1.64. The molecule has 4 aliphatic rings. The maximum absolute atomic E-state index is 12.5. The average molecular weight is 247 g/mol. The molecule has 1 fully saturated rings. The molecule has 1 saturated carbocycles. The third kappa shape index (κ3) is 1.10. The van der Waals surface area contributed by atoms with Gasteiger partial charge in [0.05, 0.1) is 24.2 Å². The highest BCUT2D eigenvalue weighted by Crippen LogP contribution is 2.52. The van der Waals surface area contributed by atoms with E-state index in [0.29, 0.717) is 5.57 Å². The maximum Gasteiger partial charge on any atom is 0.240 e. The number of rotatable bonds is 2. The number of methoxy groups -OCH3 is 2. The number of nitriles is 1. The lowest BCUT2D eigenvalue weighted by Crippen LogP contribution is -2.65. The SMILES string of the molecule is COC1(OC)C(=O)[C@@H]2C=C(C#N)[C@H]1[C@H]1OC=C[C@H]12. The van der Waals surface area contributed by atoms with Crippen LogP contribution in [0.1, 0.15) is 0 Å². The topological polar surface area (TPSA) is 68.5 Å². The standard InChI is InChI=1S/C13H13NO4/c1-16-13(17-2)10-7(6-14)5-9(12(13)15)8-3-4-18-11(8)10/h3-5,8-11H,1-2H3/t8-,9+,10-,11-/m0/s1. The molecule has 0 amide bonds. The zero-order chi connectivity index (χ0) is 12.9. The number of fused-ring (bicyclic) bond motifs is 1. The highest BCUT2D eigenvalue weighted by Gasteiger charge is 2.65. The first-order valence-electron chi connectivity index (χ1n) is 5.78. The normalized spacial score (nSPS) is 38.9. The second-order valence-electron chi connectivity index (χ2n) is 4.68. The predicted molar refractivity (Wildman–Crippen MR) is 59.9 cm³/mol. The Morgan fingerprint density at radius 1 is 1.44 bits per heavy atom. The second-order valence-corrected chi connectivity index (χ2v) is 4.68. The molecule has 0 aromatic heterocycles. The fraction of sp³-hybridized carbons (Fsp3) is 0.538. The van der Waals surface area contributed by atoms with Gasteiger partial charge in [0.15, 0.2) is 5.78 Å². The van der Waals surface area contributed by atoms with Crippen molar-refractivity contribution in [3.05, 3.63) is 24.0 Å². The molecule has 2 bridgehead atoms. The molecule has 18 heavy (non-hydrogen) atoms. The van der Waals surface area contributed by atoms with Crippen molar-refractivity contribution >= 4 is 5.78 Å². The van der Waals surface area contributed by atoms with Gasteiger partial charge in [-0.1, -0.05) is 6.08 Å². The van der Waals surface area contributed by atoms with Gasteiger partial charge in [-0.2, -0.15) is 5.26 Å². The highest BCUT2D eigenvalue weighted by atomic mass is 16.7. The van der Waals surface area contributed by atoms with E-state index >= 15 is 0 Å². The van der Waals surface area contributed by atoms with E-state index in [4.69, 9.17) is 14.2 Å². The average Bonchev–Trinajstić information content (AvgIpc) is 2.89. The fourth-order valence-corrected chi connectivity index (χ4v) is 3.34. The highest BCUT2D eigenvalue weighted by molar-refractivity contribution is 5.94. The number of carbonyl (C=O) groups excluding carboxylic acids is 1. The van der Waals surface area contributed by atoms with E-state index < -0.39 is 17.6 Å². The summed E-state index contributed by atoms with van der Waals surface area (Å²) in [6, 6.07) is 2.13. The van der Waals surface area contributed by atoms with Gasteiger partial charge < -0.3 is 14.2 Å². The summed E-state index contributed by atoms with van der Waals surface area (Å²) >= 11 is 0. The molecule has 0 N–H and O–H groups in total. The zero-order valence-electron chi connectivity index (χ0n) is 10.1. The van der Waals surface area contributed by atoms with Crippen molar-refractivity contribution in [2.75, 3.05) is 14.2 Å². The summed E-state index contributed by atoms with van der Waals surface area (Å²) in [6.07, 6.45) is 4.94. The summed E-state index contributed by atoms with van der Waals surface area (Å²) in [5.41, 5.74) is 0.508. The summed E-state index contributed by atoms with van der Waals surface area (Å²) < 4.78 is 16.2. The molecule has 0 radical (unpaired) electrons. The fourth-order valence-electron chi connectivity index (χ4n) is 3.34. The molecule has 4 atom stereocenters. The quantitative estimate of drug-likeness (QED) is 0.674. The van der Waals surface area contributed by atoms with Crippen molar-refractivity contribution < 1.29 is 19.0 Å². The number of carbonyl (C=O) groups is 1. The molecule has 0 aromatic rings. The van der Waals surface area contributed by atoms with Crippen molar-refractivity contribution in [1.82, 2.24) is 0 Å². The first-order valence-corrected chi connectivity index (χ1v) is 5.78. The molecule has 0 unspecified atom stereocenters. The van der Waals surface area contributed by atoms with Crippen molar-refractivity contribution in [2.45, 2.75) is 11.9 Å². The number of nitrogens with zero attached hydrogens (tertiary/aromatic N) is 1. The predicted octanol–water partition coefficient (Wildman–Crippen LogP) is 0.783. The number of ether oxygens (including phenoxy) is 3. The van der Waals surface area contributed by atoms with Gasteiger partial charge in [0.2, 0.25) is 5.79 Å². The Kier molecular flexibility index (Phi) is 2.34. The molecule has 3 aliphatic carbocycles. The molecule has 5 heteroatoms. The lowest BCUT2D eigenvalue weighted by atomic mass is 9.60. The van der Waals surface area contributed by atoms with Crippen molar-refractivity contribution in [2.24, 2.45) is 17.8 Å². The van der Waals surface area contributed by atoms with Crippen LogP contribution in [-0.4, -0.2) is 31.9 Å². The van der Waals surface area contributed by atoms with Crippen LogP contribution in [0.3, 0.4) is 0 Å². The van der Waals surface area contributed by atoms with Crippen LogP contribution in [0.5, 0.6) is 0 Å². The summed E-state index contributed by atoms with van der Waals surface area (Å²) in [7, 11) is 2.85. The molecule has 0 aromatic carbocycles. The van der Waals surface area contributed by atoms with Crippen LogP contribution in [0.2, 0.25) is 0 Å². The maximum atomic E-state index is 12.5. The molecule has 1 heterocycles. The minimum absolute atomic E-state index is 0.0157. The van der Waals surface area contributed by atoms with E-state index in [1.54, 1.807) is 12.3 Å². The van der Waals surface area contributed by atoms with Crippen LogP contribution in [-0.2, 0) is 19.0 Å². The van der Waals surface area contributed by atoms with Gasteiger partial charge in [0.1, 0.15) is 6.10 Å². The van der Waals surface area contributed by atoms with Gasteiger partial charge in [0.25, 0.3) is 0 Å². The number of hydrogen-bond donors (Lipinski definition) is 0. The number of allylic oxidation sites excluding steroid dienone is 1. The number of ketones is 1. The van der Waals surface area contributed by atoms with E-state index in [1.165, 1.54) is 14.2 Å². The molecular formula is C13H13NO4. The first-order chi connectivity index (χ1) is 8.69. The molecular weight excluding hydrogens is 234 g/mol. The smallest absolute Gasteiger partial charge is 0.240 e. The van der Waals surface area contributed by atoms with Crippen molar-refractivity contribution in [3.8, 4) is 6.07 Å². The van der Waals surface area contributed by atoms with Crippen LogP contribution in [0.4, 0.5) is 0 Å². The minimum atomic E-state index is -1.39. The van der Waals surface area contributed by atoms with E-state index in [0.717, 1.165) is 0 Å². The molecule has 0 spiro atoms. The molecule has 94 valence electrons. The third-order valence-electron chi connectivity index (χ3n) is 4.14. The molecule has 0 saturated heterocycles. The van der Waals surface area contributed by atoms with E-state index in [2.05, 4.69) is 6.07 Å². The minimum Gasteiger partial charge on any atom is -0.497 e. The summed E-state index contributed by atoms with van der Waals surface area (Å²) in [5.74, 6) is -2.45. The van der Waals surface area contributed by atoms with Crippen molar-refractivity contribution in [1.29, 1.82) is 5.26 Å². The zero-order valence-corrected chi connectivity index (χ0v) is 10.1. The van der Waals surface area contributed by atoms with Crippen molar-refractivity contribution in [3.63, 3.8) is 0 Å². The van der Waals surface area contributed by atoms with Crippen LogP contribution in [0.25, 0.3) is 0 Å². The van der Waals surface area contributed by atoms with Crippen LogP contribution < -0.4 is 0 Å². The number of hydrogen-bond acceptors (Lipinski definition) is 5. The second kappa shape index (κ2) is 3.67. The van der Waals surface area contributed by atoms with Gasteiger partial charge >= 0.3 is 0 Å². The van der Waals surface area contributed by atoms with E-state index in [9.17, 15) is 10.1 Å². The molecule has 1 aliphatic heterocycles. The van der Waals surface area contributed by atoms with Gasteiger partial charge in [-0.15, -0.1) is 0 Å². The Bertz CT molecular complexity index is 498. The van der Waals surface area contributed by atoms with Gasteiger partial charge in [0, 0.05) is 25.7 Å². The summed E-state index contributed by atoms with van der Waals surface area (Å²) in [4.78, 5) is 12.5. The van der Waals surface area contributed by atoms with E-state index in [-0.39, 0.29) is 17.8 Å². The third-order valence-corrected chi connectivity index (χ3v) is 4.14.